The van der Waals surface area contributed by atoms with Crippen molar-refractivity contribution in [2.24, 2.45) is 0 Å². The highest BCUT2D eigenvalue weighted by molar-refractivity contribution is 9.10. The van der Waals surface area contributed by atoms with Gasteiger partial charge in [0.2, 0.25) is 5.78 Å². The lowest BCUT2D eigenvalue weighted by Crippen LogP contribution is -2.06. The average Bonchev–Trinajstić information content (AvgIpc) is 2.86. The fourth-order valence-corrected chi connectivity index (χ4v) is 3.30. The number of hydrogen-bond donors (Lipinski definition) is 0. The van der Waals surface area contributed by atoms with Crippen molar-refractivity contribution in [1.29, 1.82) is 0 Å². The molecule has 0 amide bonds. The SMILES string of the molecule is O=C(c1cc2cc(F)ccc2s1)c1c(F)ccc(Br)c1F. The molecule has 0 aliphatic carbocycles. The molecule has 1 aromatic heterocycles. The maximum absolute atomic E-state index is 14.0. The first-order chi connectivity index (χ1) is 9.97. The maximum Gasteiger partial charge on any atom is 0.208 e. The summed E-state index contributed by atoms with van der Waals surface area (Å²) in [7, 11) is 0. The van der Waals surface area contributed by atoms with Gasteiger partial charge in [-0.1, -0.05) is 0 Å². The summed E-state index contributed by atoms with van der Waals surface area (Å²) in [5.41, 5.74) is -0.614. The molecule has 0 bridgehead atoms. The van der Waals surface area contributed by atoms with Crippen LogP contribution < -0.4 is 0 Å². The van der Waals surface area contributed by atoms with Gasteiger partial charge in [-0.05, 0) is 57.7 Å². The van der Waals surface area contributed by atoms with Crippen LogP contribution in [-0.4, -0.2) is 5.78 Å². The van der Waals surface area contributed by atoms with Crippen LogP contribution in [0.25, 0.3) is 10.1 Å². The minimum atomic E-state index is -0.941. The van der Waals surface area contributed by atoms with Crippen molar-refractivity contribution >= 4 is 43.1 Å². The second kappa shape index (κ2) is 5.27. The third kappa shape index (κ3) is 2.49. The first-order valence-corrected chi connectivity index (χ1v) is 7.45. The molecular formula is C15H6BrF3OS. The van der Waals surface area contributed by atoms with Crippen molar-refractivity contribution in [3.63, 3.8) is 0 Å². The van der Waals surface area contributed by atoms with Gasteiger partial charge in [-0.3, -0.25) is 4.79 Å². The minimum Gasteiger partial charge on any atom is -0.287 e. The zero-order valence-corrected chi connectivity index (χ0v) is 12.7. The number of fused-ring (bicyclic) bond motifs is 1. The van der Waals surface area contributed by atoms with Crippen LogP contribution in [0.2, 0.25) is 0 Å². The fraction of sp³-hybridized carbons (Fsp3) is 0. The molecule has 0 unspecified atom stereocenters. The number of hydrogen-bond acceptors (Lipinski definition) is 2. The third-order valence-corrected chi connectivity index (χ3v) is 4.70. The van der Waals surface area contributed by atoms with Gasteiger partial charge in [0, 0.05) is 4.70 Å². The van der Waals surface area contributed by atoms with Crippen molar-refractivity contribution in [2.75, 3.05) is 0 Å². The number of halogens is 4. The molecule has 3 rings (SSSR count). The van der Waals surface area contributed by atoms with Crippen LogP contribution in [0.15, 0.2) is 40.9 Å². The molecule has 2 aromatic carbocycles. The molecule has 0 radical (unpaired) electrons. The first kappa shape index (κ1) is 14.3. The summed E-state index contributed by atoms with van der Waals surface area (Å²) < 4.78 is 41.5. The van der Waals surface area contributed by atoms with Gasteiger partial charge in [0.15, 0.2) is 5.82 Å². The summed E-state index contributed by atoms with van der Waals surface area (Å²) in [6.45, 7) is 0. The van der Waals surface area contributed by atoms with Gasteiger partial charge in [-0.25, -0.2) is 13.2 Å². The lowest BCUT2D eigenvalue weighted by atomic mass is 10.1. The van der Waals surface area contributed by atoms with Crippen LogP contribution in [0, 0.1) is 17.5 Å². The van der Waals surface area contributed by atoms with Crippen molar-refractivity contribution in [2.45, 2.75) is 0 Å². The van der Waals surface area contributed by atoms with Gasteiger partial charge in [-0.15, -0.1) is 11.3 Å². The van der Waals surface area contributed by atoms with E-state index in [1.54, 1.807) is 0 Å². The zero-order valence-electron chi connectivity index (χ0n) is 10.3. The van der Waals surface area contributed by atoms with E-state index in [0.717, 1.165) is 17.4 Å². The van der Waals surface area contributed by atoms with Gasteiger partial charge in [0.1, 0.15) is 11.6 Å². The number of ketones is 1. The molecule has 0 spiro atoms. The molecule has 0 aliphatic heterocycles. The summed E-state index contributed by atoms with van der Waals surface area (Å²) in [5.74, 6) is -3.06. The maximum atomic E-state index is 14.0. The van der Waals surface area contributed by atoms with Crippen molar-refractivity contribution in [1.82, 2.24) is 0 Å². The van der Waals surface area contributed by atoms with E-state index in [1.165, 1.54) is 30.3 Å². The molecule has 0 aliphatic rings. The van der Waals surface area contributed by atoms with Crippen LogP contribution >= 0.6 is 27.3 Å². The number of thiophene rings is 1. The number of carbonyl (C=O) groups excluding carboxylic acids is 1. The Labute approximate surface area is 130 Å². The molecule has 1 heterocycles. The van der Waals surface area contributed by atoms with E-state index in [9.17, 15) is 18.0 Å². The Bertz CT molecular complexity index is 873. The Morgan fingerprint density at radius 3 is 2.57 bits per heavy atom. The molecular weight excluding hydrogens is 365 g/mol. The number of benzene rings is 2. The Balaban J connectivity index is 2.15. The summed E-state index contributed by atoms with van der Waals surface area (Å²) in [5, 5.41) is 0.527. The van der Waals surface area contributed by atoms with Crippen molar-refractivity contribution in [3.05, 3.63) is 68.8 Å². The highest BCUT2D eigenvalue weighted by Gasteiger charge is 2.22. The van der Waals surface area contributed by atoms with Gasteiger partial charge in [-0.2, -0.15) is 0 Å². The van der Waals surface area contributed by atoms with E-state index < -0.39 is 28.8 Å². The van der Waals surface area contributed by atoms with Gasteiger partial charge >= 0.3 is 0 Å². The van der Waals surface area contributed by atoms with E-state index in [0.29, 0.717) is 10.1 Å². The predicted octanol–water partition coefficient (Wildman–Crippen LogP) is 5.31. The number of rotatable bonds is 2. The normalized spacial score (nSPS) is 11.0. The zero-order chi connectivity index (χ0) is 15.1. The monoisotopic (exact) mass is 370 g/mol. The second-order valence-electron chi connectivity index (χ2n) is 4.34. The second-order valence-corrected chi connectivity index (χ2v) is 6.28. The summed E-state index contributed by atoms with van der Waals surface area (Å²) in [4.78, 5) is 12.5. The summed E-state index contributed by atoms with van der Waals surface area (Å²) in [6.07, 6.45) is 0. The Morgan fingerprint density at radius 2 is 1.81 bits per heavy atom. The molecule has 1 nitrogen and oxygen atoms in total. The van der Waals surface area contributed by atoms with Crippen molar-refractivity contribution < 1.29 is 18.0 Å². The van der Waals surface area contributed by atoms with Gasteiger partial charge < -0.3 is 0 Å². The minimum absolute atomic E-state index is 0.0133. The standard InChI is InChI=1S/C15H6BrF3OS/c16-9-2-3-10(18)13(14(9)19)15(20)12-6-7-5-8(17)1-4-11(7)21-12/h1-6H. The molecule has 0 N–H and O–H groups in total. The van der Waals surface area contributed by atoms with Crippen LogP contribution in [0.4, 0.5) is 13.2 Å². The van der Waals surface area contributed by atoms with E-state index in [1.807, 2.05) is 0 Å². The van der Waals surface area contributed by atoms with E-state index >= 15 is 0 Å². The van der Waals surface area contributed by atoms with Crippen LogP contribution in [-0.2, 0) is 0 Å². The molecule has 3 aromatic rings. The molecule has 0 saturated heterocycles. The molecule has 0 fully saturated rings. The molecule has 106 valence electrons. The quantitative estimate of drug-likeness (QED) is 0.441. The largest absolute Gasteiger partial charge is 0.287 e. The fourth-order valence-electron chi connectivity index (χ4n) is 1.98. The predicted molar refractivity (Wildman–Crippen MR) is 79.3 cm³/mol. The Morgan fingerprint density at radius 1 is 1.05 bits per heavy atom. The number of carbonyl (C=O) groups is 1. The molecule has 21 heavy (non-hydrogen) atoms. The highest BCUT2D eigenvalue weighted by Crippen LogP contribution is 2.30. The van der Waals surface area contributed by atoms with Crippen LogP contribution in [0.3, 0.4) is 0 Å². The van der Waals surface area contributed by atoms with Gasteiger partial charge in [0.25, 0.3) is 0 Å². The molecule has 0 atom stereocenters. The lowest BCUT2D eigenvalue weighted by molar-refractivity contribution is 0.103. The first-order valence-electron chi connectivity index (χ1n) is 5.84. The summed E-state index contributed by atoms with van der Waals surface area (Å²) >= 11 is 3.99. The van der Waals surface area contributed by atoms with E-state index in [-0.39, 0.29) is 9.35 Å². The van der Waals surface area contributed by atoms with Gasteiger partial charge in [0.05, 0.1) is 14.9 Å². The lowest BCUT2D eigenvalue weighted by Gasteiger charge is -2.03. The Hall–Kier alpha value is -1.66. The average molecular weight is 371 g/mol. The van der Waals surface area contributed by atoms with Crippen molar-refractivity contribution in [3.8, 4) is 0 Å². The van der Waals surface area contributed by atoms with E-state index in [4.69, 9.17) is 0 Å². The Kier molecular flexibility index (Phi) is 3.59. The topological polar surface area (TPSA) is 17.1 Å². The third-order valence-electron chi connectivity index (χ3n) is 2.97. The summed E-state index contributed by atoms with van der Waals surface area (Å²) in [6, 6.07) is 7.73. The molecule has 6 heteroatoms. The highest BCUT2D eigenvalue weighted by atomic mass is 79.9. The van der Waals surface area contributed by atoms with Crippen LogP contribution in [0.1, 0.15) is 15.2 Å². The van der Waals surface area contributed by atoms with Crippen LogP contribution in [0.5, 0.6) is 0 Å². The molecule has 0 saturated carbocycles. The van der Waals surface area contributed by atoms with E-state index in [2.05, 4.69) is 15.9 Å². The smallest absolute Gasteiger partial charge is 0.208 e.